The lowest BCUT2D eigenvalue weighted by Crippen LogP contribution is -2.43. The summed E-state index contributed by atoms with van der Waals surface area (Å²) in [6, 6.07) is 0. The Morgan fingerprint density at radius 1 is 1.38 bits per heavy atom. The Labute approximate surface area is 136 Å². The van der Waals surface area contributed by atoms with Gasteiger partial charge in [0.05, 0.1) is 21.5 Å². The van der Waals surface area contributed by atoms with E-state index >= 15 is 0 Å². The van der Waals surface area contributed by atoms with Gasteiger partial charge in [0.1, 0.15) is 0 Å². The predicted molar refractivity (Wildman–Crippen MR) is 89.2 cm³/mol. The molecule has 1 fully saturated rings. The molecule has 4 nitrogen and oxygen atoms in total. The van der Waals surface area contributed by atoms with Crippen molar-refractivity contribution in [3.05, 3.63) is 15.9 Å². The first-order chi connectivity index (χ1) is 9.99. The summed E-state index contributed by atoms with van der Waals surface area (Å²) in [4.78, 5) is 0. The first-order valence-corrected chi connectivity index (χ1v) is 8.91. The summed E-state index contributed by atoms with van der Waals surface area (Å²) in [6.45, 7) is 5.77. The molecule has 1 saturated carbocycles. The van der Waals surface area contributed by atoms with Gasteiger partial charge in [0.25, 0.3) is 0 Å². The number of aliphatic hydroxyl groups is 1. The van der Waals surface area contributed by atoms with Crippen LogP contribution in [0.5, 0.6) is 0 Å². The second-order valence-electron chi connectivity index (χ2n) is 6.36. The predicted octanol–water partition coefficient (Wildman–Crippen LogP) is 3.17. The summed E-state index contributed by atoms with van der Waals surface area (Å²) in [5.74, 6) is 0.809. The Bertz CT molecular complexity index is 464. The van der Waals surface area contributed by atoms with E-state index in [0.717, 1.165) is 60.4 Å². The zero-order valence-electron chi connectivity index (χ0n) is 13.5. The molecule has 0 bridgehead atoms. The fraction of sp³-hybridized carbons (Fsp3) is 0.812. The van der Waals surface area contributed by atoms with Crippen molar-refractivity contribution in [3.63, 3.8) is 0 Å². The summed E-state index contributed by atoms with van der Waals surface area (Å²) in [7, 11) is 1.97. The van der Waals surface area contributed by atoms with Crippen LogP contribution in [0.2, 0.25) is 0 Å². The lowest BCUT2D eigenvalue weighted by molar-refractivity contribution is -0.00892. The number of nitrogens with one attached hydrogen (secondary N) is 1. The second-order valence-corrected chi connectivity index (χ2v) is 7.16. The van der Waals surface area contributed by atoms with E-state index in [1.807, 2.05) is 11.7 Å². The molecule has 0 atom stereocenters. The van der Waals surface area contributed by atoms with Crippen LogP contribution in [0.15, 0.2) is 4.47 Å². The Balaban J connectivity index is 1.86. The zero-order chi connectivity index (χ0) is 15.5. The molecule has 1 aliphatic rings. The van der Waals surface area contributed by atoms with Gasteiger partial charge in [-0.3, -0.25) is 4.68 Å². The van der Waals surface area contributed by atoms with E-state index in [-0.39, 0.29) is 0 Å². The van der Waals surface area contributed by atoms with E-state index in [0.29, 0.717) is 6.54 Å². The van der Waals surface area contributed by atoms with Gasteiger partial charge in [-0.2, -0.15) is 5.10 Å². The molecular formula is C16H28BrN3O. The third kappa shape index (κ3) is 4.08. The van der Waals surface area contributed by atoms with Crippen molar-refractivity contribution in [2.75, 3.05) is 6.54 Å². The molecular weight excluding hydrogens is 330 g/mol. The van der Waals surface area contributed by atoms with Gasteiger partial charge < -0.3 is 10.4 Å². The van der Waals surface area contributed by atoms with Crippen LogP contribution in [0, 0.1) is 5.92 Å². The molecule has 0 radical (unpaired) electrons. The number of hydrogen-bond donors (Lipinski definition) is 2. The van der Waals surface area contributed by atoms with Crippen LogP contribution in [-0.4, -0.2) is 27.0 Å². The van der Waals surface area contributed by atoms with Gasteiger partial charge in [-0.05, 0) is 54.0 Å². The van der Waals surface area contributed by atoms with Gasteiger partial charge in [0.15, 0.2) is 0 Å². The van der Waals surface area contributed by atoms with Crippen LogP contribution >= 0.6 is 15.9 Å². The van der Waals surface area contributed by atoms with Crippen LogP contribution in [0.1, 0.15) is 57.3 Å². The highest BCUT2D eigenvalue weighted by Crippen LogP contribution is 2.33. The lowest BCUT2D eigenvalue weighted by Gasteiger charge is -2.36. The number of halogens is 1. The summed E-state index contributed by atoms with van der Waals surface area (Å²) in [6.07, 6.45) is 6.33. The molecule has 0 aliphatic heterocycles. The topological polar surface area (TPSA) is 50.1 Å². The van der Waals surface area contributed by atoms with Crippen LogP contribution in [-0.2, 0) is 20.0 Å². The fourth-order valence-corrected chi connectivity index (χ4v) is 3.98. The quantitative estimate of drug-likeness (QED) is 0.821. The van der Waals surface area contributed by atoms with E-state index in [2.05, 4.69) is 40.2 Å². The molecule has 1 aliphatic carbocycles. The molecule has 21 heavy (non-hydrogen) atoms. The SMILES string of the molecule is CCc1nn(C)c(CNCC2(O)CCC(CC)CC2)c1Br. The Hall–Kier alpha value is -0.390. The highest BCUT2D eigenvalue weighted by atomic mass is 79.9. The molecule has 1 heterocycles. The summed E-state index contributed by atoms with van der Waals surface area (Å²) in [5.41, 5.74) is 1.72. The lowest BCUT2D eigenvalue weighted by atomic mass is 9.78. The zero-order valence-corrected chi connectivity index (χ0v) is 15.0. The average molecular weight is 358 g/mol. The third-order valence-corrected chi connectivity index (χ3v) is 5.78. The first kappa shape index (κ1) is 17.0. The maximum atomic E-state index is 10.7. The van der Waals surface area contributed by atoms with E-state index < -0.39 is 5.60 Å². The van der Waals surface area contributed by atoms with Crippen LogP contribution < -0.4 is 5.32 Å². The van der Waals surface area contributed by atoms with Crippen LogP contribution in [0.25, 0.3) is 0 Å². The van der Waals surface area contributed by atoms with Gasteiger partial charge in [-0.1, -0.05) is 20.3 Å². The summed E-state index contributed by atoms with van der Waals surface area (Å²) < 4.78 is 3.02. The number of aryl methyl sites for hydroxylation is 2. The average Bonchev–Trinajstić information content (AvgIpc) is 2.75. The minimum atomic E-state index is -0.523. The molecule has 0 aromatic carbocycles. The van der Waals surface area contributed by atoms with E-state index in [1.54, 1.807) is 0 Å². The number of hydrogen-bond acceptors (Lipinski definition) is 3. The minimum absolute atomic E-state index is 0.523. The van der Waals surface area contributed by atoms with Crippen LogP contribution in [0.3, 0.4) is 0 Å². The molecule has 2 rings (SSSR count). The fourth-order valence-electron chi connectivity index (χ4n) is 3.23. The first-order valence-electron chi connectivity index (χ1n) is 8.12. The Kier molecular flexibility index (Phi) is 5.86. The molecule has 2 N–H and O–H groups in total. The summed E-state index contributed by atoms with van der Waals surface area (Å²) in [5, 5.41) is 18.6. The van der Waals surface area contributed by atoms with E-state index in [9.17, 15) is 5.11 Å². The third-order valence-electron chi connectivity index (χ3n) is 4.86. The van der Waals surface area contributed by atoms with Crippen LogP contribution in [0.4, 0.5) is 0 Å². The smallest absolute Gasteiger partial charge is 0.0771 e. The molecule has 0 saturated heterocycles. The Morgan fingerprint density at radius 2 is 2.05 bits per heavy atom. The Morgan fingerprint density at radius 3 is 2.57 bits per heavy atom. The van der Waals surface area contributed by atoms with Crippen molar-refractivity contribution in [1.82, 2.24) is 15.1 Å². The highest BCUT2D eigenvalue weighted by molar-refractivity contribution is 9.10. The van der Waals surface area contributed by atoms with E-state index in [1.165, 1.54) is 6.42 Å². The maximum absolute atomic E-state index is 10.7. The van der Waals surface area contributed by atoms with Gasteiger partial charge in [0.2, 0.25) is 0 Å². The highest BCUT2D eigenvalue weighted by Gasteiger charge is 2.32. The van der Waals surface area contributed by atoms with Crippen molar-refractivity contribution in [3.8, 4) is 0 Å². The minimum Gasteiger partial charge on any atom is -0.389 e. The normalized spacial score (nSPS) is 26.2. The van der Waals surface area contributed by atoms with E-state index in [4.69, 9.17) is 0 Å². The molecule has 0 unspecified atom stereocenters. The molecule has 0 spiro atoms. The number of rotatable bonds is 6. The molecule has 5 heteroatoms. The van der Waals surface area contributed by atoms with Gasteiger partial charge in [-0.15, -0.1) is 0 Å². The standard InChI is InChI=1S/C16H28BrN3O/c1-4-12-6-8-16(21,9-7-12)11-18-10-14-15(17)13(5-2)19-20(14)3/h12,18,21H,4-11H2,1-3H3. The van der Waals surface area contributed by atoms with Gasteiger partial charge in [0, 0.05) is 20.1 Å². The second kappa shape index (κ2) is 7.25. The summed E-state index contributed by atoms with van der Waals surface area (Å²) >= 11 is 3.63. The van der Waals surface area contributed by atoms with Crippen molar-refractivity contribution < 1.29 is 5.11 Å². The molecule has 120 valence electrons. The molecule has 1 aromatic rings. The number of nitrogens with zero attached hydrogens (tertiary/aromatic N) is 2. The molecule has 1 aromatic heterocycles. The monoisotopic (exact) mass is 357 g/mol. The maximum Gasteiger partial charge on any atom is 0.0771 e. The van der Waals surface area contributed by atoms with Crippen molar-refractivity contribution >= 4 is 15.9 Å². The van der Waals surface area contributed by atoms with Crippen molar-refractivity contribution in [2.24, 2.45) is 13.0 Å². The largest absolute Gasteiger partial charge is 0.389 e. The number of aromatic nitrogens is 2. The van der Waals surface area contributed by atoms with Crippen molar-refractivity contribution in [2.45, 2.75) is 64.5 Å². The van der Waals surface area contributed by atoms with Crippen molar-refractivity contribution in [1.29, 1.82) is 0 Å². The van der Waals surface area contributed by atoms with Gasteiger partial charge in [-0.25, -0.2) is 0 Å². The molecule has 0 amide bonds. The van der Waals surface area contributed by atoms with Gasteiger partial charge >= 0.3 is 0 Å².